The smallest absolute Gasteiger partial charge is 0.277 e. The number of hydrogen-bond acceptors (Lipinski definition) is 3. The second kappa shape index (κ2) is 7.49. The topological polar surface area (TPSA) is 52.0 Å². The summed E-state index contributed by atoms with van der Waals surface area (Å²) in [7, 11) is 1.69. The molecule has 1 heterocycles. The molecule has 1 aliphatic rings. The largest absolute Gasteiger partial charge is 0.490 e. The highest BCUT2D eigenvalue weighted by atomic mass is 16.5. The maximum Gasteiger partial charge on any atom is 0.277 e. The van der Waals surface area contributed by atoms with E-state index in [0.29, 0.717) is 13.2 Å². The van der Waals surface area contributed by atoms with Crippen molar-refractivity contribution in [2.75, 3.05) is 26.8 Å². The third-order valence-corrected chi connectivity index (χ3v) is 4.25. The molecule has 1 aromatic rings. The number of carbonyl (C=O) groups excluding carboxylic acids is 1. The Morgan fingerprint density at radius 3 is 2.36 bits per heavy atom. The van der Waals surface area contributed by atoms with Crippen LogP contribution in [-0.2, 0) is 17.8 Å². The first-order valence-electron chi connectivity index (χ1n) is 8.08. The summed E-state index contributed by atoms with van der Waals surface area (Å²) in [6, 6.07) is 4.14. The van der Waals surface area contributed by atoms with Crippen LogP contribution in [0.4, 0.5) is 0 Å². The molecule has 0 bridgehead atoms. The van der Waals surface area contributed by atoms with Crippen molar-refractivity contribution >= 4 is 5.91 Å². The van der Waals surface area contributed by atoms with Gasteiger partial charge in [-0.05, 0) is 38.5 Å². The molecule has 2 N–H and O–H groups in total. The zero-order chi connectivity index (χ0) is 16.1. The van der Waals surface area contributed by atoms with Crippen LogP contribution in [0, 0.1) is 0 Å². The fraction of sp³-hybridized carbons (Fsp3) is 0.588. The monoisotopic (exact) mass is 307 g/mol. The van der Waals surface area contributed by atoms with Crippen molar-refractivity contribution in [3.05, 3.63) is 23.3 Å². The summed E-state index contributed by atoms with van der Waals surface area (Å²) in [4.78, 5) is 13.1. The van der Waals surface area contributed by atoms with Crippen LogP contribution < -0.4 is 19.7 Å². The minimum atomic E-state index is -0.0414. The van der Waals surface area contributed by atoms with Gasteiger partial charge in [0.05, 0.1) is 19.8 Å². The highest BCUT2D eigenvalue weighted by molar-refractivity contribution is 5.79. The van der Waals surface area contributed by atoms with Crippen LogP contribution in [0.5, 0.6) is 11.5 Å². The highest BCUT2D eigenvalue weighted by Crippen LogP contribution is 2.32. The van der Waals surface area contributed by atoms with E-state index < -0.39 is 0 Å². The summed E-state index contributed by atoms with van der Waals surface area (Å²) >= 11 is 0. The summed E-state index contributed by atoms with van der Waals surface area (Å²) in [6.45, 7) is 8.98. The molecule has 2 atom stereocenters. The van der Waals surface area contributed by atoms with Crippen molar-refractivity contribution in [3.8, 4) is 11.5 Å². The molecule has 0 saturated carbocycles. The van der Waals surface area contributed by atoms with Gasteiger partial charge >= 0.3 is 0 Å². The van der Waals surface area contributed by atoms with E-state index in [9.17, 15) is 4.79 Å². The van der Waals surface area contributed by atoms with Crippen molar-refractivity contribution in [2.45, 2.75) is 39.8 Å². The van der Waals surface area contributed by atoms with Crippen LogP contribution in [0.3, 0.4) is 0 Å². The van der Waals surface area contributed by atoms with Crippen LogP contribution in [0.2, 0.25) is 0 Å². The molecule has 1 unspecified atom stereocenters. The van der Waals surface area contributed by atoms with Crippen molar-refractivity contribution < 1.29 is 19.2 Å². The van der Waals surface area contributed by atoms with Crippen LogP contribution in [0.1, 0.15) is 31.9 Å². The molecule has 0 radical (unpaired) electrons. The van der Waals surface area contributed by atoms with Crippen LogP contribution in [0.15, 0.2) is 12.1 Å². The van der Waals surface area contributed by atoms with Crippen molar-refractivity contribution in [1.29, 1.82) is 0 Å². The lowest BCUT2D eigenvalue weighted by Crippen LogP contribution is -3.16. The molecule has 22 heavy (non-hydrogen) atoms. The molecular weight excluding hydrogens is 280 g/mol. The minimum Gasteiger partial charge on any atom is -0.490 e. The molecule has 0 spiro atoms. The zero-order valence-corrected chi connectivity index (χ0v) is 14.0. The predicted octanol–water partition coefficient (Wildman–Crippen LogP) is 0.560. The first kappa shape index (κ1) is 16.6. The quantitative estimate of drug-likeness (QED) is 0.807. The molecule has 122 valence electrons. The Morgan fingerprint density at radius 1 is 1.23 bits per heavy atom. The number of ether oxygens (including phenoxy) is 2. The number of quaternary nitrogens is 1. The molecular formula is C17H27N2O3+. The van der Waals surface area contributed by atoms with E-state index in [1.807, 2.05) is 20.8 Å². The second-order valence-corrected chi connectivity index (χ2v) is 5.60. The van der Waals surface area contributed by atoms with Gasteiger partial charge in [-0.3, -0.25) is 4.79 Å². The number of fused-ring (bicyclic) bond motifs is 1. The minimum absolute atomic E-state index is 0.0414. The molecule has 2 rings (SSSR count). The molecule has 0 fully saturated rings. The fourth-order valence-electron chi connectivity index (χ4n) is 2.98. The third kappa shape index (κ3) is 3.53. The molecule has 0 aromatic heterocycles. The normalized spacial score (nSPS) is 18.3. The first-order valence-corrected chi connectivity index (χ1v) is 8.08. The lowest BCUT2D eigenvalue weighted by Gasteiger charge is -2.30. The summed E-state index contributed by atoms with van der Waals surface area (Å²) in [5.74, 6) is 1.72. The van der Waals surface area contributed by atoms with Gasteiger partial charge in [0.1, 0.15) is 6.54 Å². The van der Waals surface area contributed by atoms with E-state index in [4.69, 9.17) is 9.47 Å². The van der Waals surface area contributed by atoms with Gasteiger partial charge < -0.3 is 19.7 Å². The Bertz CT molecular complexity index is 531. The van der Waals surface area contributed by atoms with E-state index in [1.54, 1.807) is 7.05 Å². The maximum atomic E-state index is 11.9. The number of amides is 1. The lowest BCUT2D eigenvalue weighted by atomic mass is 9.97. The van der Waals surface area contributed by atoms with Gasteiger partial charge in [0.2, 0.25) is 0 Å². The molecule has 5 heteroatoms. The number of hydrogen-bond donors (Lipinski definition) is 2. The Labute approximate surface area is 132 Å². The number of rotatable bonds is 6. The van der Waals surface area contributed by atoms with Gasteiger partial charge in [-0.1, -0.05) is 0 Å². The third-order valence-electron chi connectivity index (χ3n) is 4.25. The summed E-state index contributed by atoms with van der Waals surface area (Å²) in [5.41, 5.74) is 2.56. The number of benzene rings is 1. The van der Waals surface area contributed by atoms with Gasteiger partial charge in [0.15, 0.2) is 17.5 Å². The van der Waals surface area contributed by atoms with E-state index in [0.717, 1.165) is 31.0 Å². The van der Waals surface area contributed by atoms with Crippen LogP contribution >= 0.6 is 0 Å². The van der Waals surface area contributed by atoms with Crippen molar-refractivity contribution in [3.63, 3.8) is 0 Å². The number of likely N-dealkylation sites (N-methyl/N-ethyl adjacent to an activating group) is 1. The molecule has 0 aliphatic carbocycles. The van der Waals surface area contributed by atoms with Crippen LogP contribution in [-0.4, -0.2) is 38.8 Å². The second-order valence-electron chi connectivity index (χ2n) is 5.60. The predicted molar refractivity (Wildman–Crippen MR) is 85.5 cm³/mol. The Morgan fingerprint density at radius 2 is 1.82 bits per heavy atom. The van der Waals surface area contributed by atoms with Crippen molar-refractivity contribution in [2.24, 2.45) is 0 Å². The van der Waals surface area contributed by atoms with Gasteiger partial charge in [0.25, 0.3) is 5.91 Å². The Hall–Kier alpha value is -1.75. The Balaban J connectivity index is 2.23. The number of carbonyl (C=O) groups is 1. The molecule has 1 aliphatic heterocycles. The van der Waals surface area contributed by atoms with E-state index in [2.05, 4.69) is 17.4 Å². The summed E-state index contributed by atoms with van der Waals surface area (Å²) in [5, 5.41) is 2.74. The van der Waals surface area contributed by atoms with Gasteiger partial charge in [-0.15, -0.1) is 0 Å². The summed E-state index contributed by atoms with van der Waals surface area (Å²) in [6.07, 6.45) is 0.957. The fourth-order valence-corrected chi connectivity index (χ4v) is 2.98. The van der Waals surface area contributed by atoms with E-state index in [-0.39, 0.29) is 11.9 Å². The van der Waals surface area contributed by atoms with Crippen LogP contribution in [0.25, 0.3) is 0 Å². The van der Waals surface area contributed by atoms with E-state index in [1.165, 1.54) is 16.0 Å². The first-order chi connectivity index (χ1) is 10.6. The number of nitrogens with one attached hydrogen (secondary N) is 2. The van der Waals surface area contributed by atoms with Crippen molar-refractivity contribution in [1.82, 2.24) is 5.32 Å². The average Bonchev–Trinajstić information content (AvgIpc) is 2.54. The standard InChI is InChI=1S/C17H26N2O3/c1-5-21-15-9-13-7-8-19(12(3)17(20)18-4)11-14(13)10-16(15)22-6-2/h9-10,12H,5-8,11H2,1-4H3,(H,18,20)/p+1/t12-/m0/s1. The van der Waals surface area contributed by atoms with E-state index >= 15 is 0 Å². The summed E-state index contributed by atoms with van der Waals surface area (Å²) < 4.78 is 11.4. The maximum absolute atomic E-state index is 11.9. The molecule has 1 amide bonds. The molecule has 1 aromatic carbocycles. The van der Waals surface area contributed by atoms with Gasteiger partial charge in [0, 0.05) is 19.0 Å². The average molecular weight is 307 g/mol. The lowest BCUT2D eigenvalue weighted by molar-refractivity contribution is -0.929. The Kier molecular flexibility index (Phi) is 5.66. The zero-order valence-electron chi connectivity index (χ0n) is 14.0. The molecule has 5 nitrogen and oxygen atoms in total. The SMILES string of the molecule is CCOc1cc2c(cc1OCC)C[NH+]([C@@H](C)C(=O)NC)CC2. The molecule has 0 saturated heterocycles. The highest BCUT2D eigenvalue weighted by Gasteiger charge is 2.29. The van der Waals surface area contributed by atoms with Gasteiger partial charge in [-0.2, -0.15) is 0 Å². The van der Waals surface area contributed by atoms with Gasteiger partial charge in [-0.25, -0.2) is 0 Å².